The topological polar surface area (TPSA) is 76.2 Å². The van der Waals surface area contributed by atoms with Crippen LogP contribution in [0.1, 0.15) is 18.6 Å². The Morgan fingerprint density at radius 1 is 1.45 bits per heavy atom. The van der Waals surface area contributed by atoms with Crippen molar-refractivity contribution < 1.29 is 9.21 Å². The van der Waals surface area contributed by atoms with Crippen molar-refractivity contribution in [3.8, 4) is 0 Å². The van der Waals surface area contributed by atoms with Crippen molar-refractivity contribution in [2.75, 3.05) is 18.5 Å². The van der Waals surface area contributed by atoms with Crippen molar-refractivity contribution in [1.82, 2.24) is 19.8 Å². The molecule has 2 aromatic heterocycles. The van der Waals surface area contributed by atoms with Gasteiger partial charge in [0.2, 0.25) is 5.91 Å². The van der Waals surface area contributed by atoms with Crippen LogP contribution in [0.25, 0.3) is 0 Å². The highest BCUT2D eigenvalue weighted by molar-refractivity contribution is 5.86. The predicted octanol–water partition coefficient (Wildman–Crippen LogP) is 0.853. The van der Waals surface area contributed by atoms with Gasteiger partial charge < -0.3 is 4.42 Å². The van der Waals surface area contributed by atoms with Gasteiger partial charge in [-0.25, -0.2) is 4.68 Å². The average Bonchev–Trinajstić information content (AvgIpc) is 3.12. The molecular weight excluding hydrogens is 258 g/mol. The number of amides is 1. The summed E-state index contributed by atoms with van der Waals surface area (Å²) in [6.45, 7) is 2.50. The second-order valence-corrected chi connectivity index (χ2v) is 5.00. The molecule has 1 N–H and O–H groups in total. The molecule has 3 heterocycles. The van der Waals surface area contributed by atoms with E-state index in [2.05, 4.69) is 20.5 Å². The Balaban J connectivity index is 1.56. The maximum Gasteiger partial charge on any atom is 0.243 e. The van der Waals surface area contributed by atoms with E-state index in [-0.39, 0.29) is 11.8 Å². The molecule has 0 aliphatic carbocycles. The molecule has 106 valence electrons. The van der Waals surface area contributed by atoms with Crippen LogP contribution in [0.15, 0.2) is 35.5 Å². The van der Waals surface area contributed by atoms with Gasteiger partial charge in [-0.05, 0) is 31.5 Å². The maximum atomic E-state index is 12.2. The summed E-state index contributed by atoms with van der Waals surface area (Å²) in [5, 5.41) is 7.32. The van der Waals surface area contributed by atoms with Crippen LogP contribution in [-0.4, -0.2) is 38.8 Å². The minimum Gasteiger partial charge on any atom is -0.468 e. The molecule has 0 saturated carbocycles. The van der Waals surface area contributed by atoms with Gasteiger partial charge in [0.05, 0.1) is 18.7 Å². The number of hydrogen-bond acceptors (Lipinski definition) is 5. The largest absolute Gasteiger partial charge is 0.468 e. The molecule has 0 radical (unpaired) electrons. The van der Waals surface area contributed by atoms with Crippen LogP contribution in [0.2, 0.25) is 0 Å². The Morgan fingerprint density at radius 2 is 2.30 bits per heavy atom. The van der Waals surface area contributed by atoms with E-state index in [0.29, 0.717) is 0 Å². The van der Waals surface area contributed by atoms with E-state index >= 15 is 0 Å². The molecule has 1 fully saturated rings. The van der Waals surface area contributed by atoms with E-state index in [1.807, 2.05) is 12.1 Å². The smallest absolute Gasteiger partial charge is 0.243 e. The summed E-state index contributed by atoms with van der Waals surface area (Å²) in [7, 11) is 0. The van der Waals surface area contributed by atoms with Gasteiger partial charge in [-0.1, -0.05) is 0 Å². The highest BCUT2D eigenvalue weighted by Crippen LogP contribution is 2.19. The fraction of sp³-hybridized carbons (Fsp3) is 0.462. The molecule has 1 atom stereocenters. The molecule has 1 aliphatic heterocycles. The zero-order valence-corrected chi connectivity index (χ0v) is 11.1. The van der Waals surface area contributed by atoms with Crippen molar-refractivity contribution in [1.29, 1.82) is 0 Å². The summed E-state index contributed by atoms with van der Waals surface area (Å²) >= 11 is 0. The van der Waals surface area contributed by atoms with Crippen LogP contribution in [-0.2, 0) is 11.3 Å². The standard InChI is InChI=1S/C13H17N5O2/c19-13(16-18-9-14-15-10-18)11-3-1-5-17(7-11)8-12-4-2-6-20-12/h2,4,6,9-11H,1,3,5,7-8H2,(H,16,19). The first kappa shape index (κ1) is 12.9. The number of carbonyl (C=O) groups excluding carboxylic acids is 1. The van der Waals surface area contributed by atoms with Gasteiger partial charge in [-0.3, -0.25) is 15.1 Å². The van der Waals surface area contributed by atoms with Crippen molar-refractivity contribution in [3.05, 3.63) is 36.8 Å². The monoisotopic (exact) mass is 275 g/mol. The number of aromatic nitrogens is 3. The molecule has 1 aliphatic rings. The summed E-state index contributed by atoms with van der Waals surface area (Å²) in [5.41, 5.74) is 2.77. The van der Waals surface area contributed by atoms with Crippen LogP contribution >= 0.6 is 0 Å². The first-order chi connectivity index (χ1) is 9.81. The minimum atomic E-state index is -0.0129. The lowest BCUT2D eigenvalue weighted by molar-refractivity contribution is -0.122. The average molecular weight is 275 g/mol. The normalized spacial score (nSPS) is 19.9. The number of nitrogens with one attached hydrogen (secondary N) is 1. The lowest BCUT2D eigenvalue weighted by atomic mass is 9.97. The molecule has 1 saturated heterocycles. The number of furan rings is 1. The van der Waals surface area contributed by atoms with E-state index in [1.54, 1.807) is 6.26 Å². The third-order valence-corrected chi connectivity index (χ3v) is 3.49. The molecule has 0 aromatic carbocycles. The Morgan fingerprint density at radius 3 is 3.05 bits per heavy atom. The van der Waals surface area contributed by atoms with Crippen molar-refractivity contribution in [2.24, 2.45) is 5.92 Å². The molecule has 0 spiro atoms. The number of hydrogen-bond donors (Lipinski definition) is 1. The predicted molar refractivity (Wildman–Crippen MR) is 71.1 cm³/mol. The van der Waals surface area contributed by atoms with E-state index < -0.39 is 0 Å². The van der Waals surface area contributed by atoms with Gasteiger partial charge in [-0.2, -0.15) is 0 Å². The number of carbonyl (C=O) groups is 1. The second kappa shape index (κ2) is 5.87. The molecule has 20 heavy (non-hydrogen) atoms. The molecule has 0 bridgehead atoms. The van der Waals surface area contributed by atoms with Crippen LogP contribution < -0.4 is 5.43 Å². The Bertz CT molecular complexity index is 537. The van der Waals surface area contributed by atoms with Crippen LogP contribution in [0, 0.1) is 5.92 Å². The number of nitrogens with zero attached hydrogens (tertiary/aromatic N) is 4. The summed E-state index contributed by atoms with van der Waals surface area (Å²) in [5.74, 6) is 0.930. The molecule has 7 nitrogen and oxygen atoms in total. The van der Waals surface area contributed by atoms with Gasteiger partial charge in [0.15, 0.2) is 0 Å². The van der Waals surface area contributed by atoms with E-state index in [1.165, 1.54) is 17.3 Å². The molecule has 2 aromatic rings. The van der Waals surface area contributed by atoms with Gasteiger partial charge in [-0.15, -0.1) is 10.2 Å². The molecular formula is C13H17N5O2. The van der Waals surface area contributed by atoms with Crippen molar-refractivity contribution in [2.45, 2.75) is 19.4 Å². The first-order valence-electron chi connectivity index (χ1n) is 6.71. The van der Waals surface area contributed by atoms with Gasteiger partial charge in [0.25, 0.3) is 0 Å². The zero-order valence-electron chi connectivity index (χ0n) is 11.1. The third-order valence-electron chi connectivity index (χ3n) is 3.49. The highest BCUT2D eigenvalue weighted by atomic mass is 16.3. The molecule has 1 unspecified atom stereocenters. The summed E-state index contributed by atoms with van der Waals surface area (Å²) in [6, 6.07) is 3.84. The summed E-state index contributed by atoms with van der Waals surface area (Å²) < 4.78 is 6.83. The lowest BCUT2D eigenvalue weighted by Crippen LogP contribution is -2.41. The van der Waals surface area contributed by atoms with E-state index in [9.17, 15) is 4.79 Å². The third kappa shape index (κ3) is 3.05. The van der Waals surface area contributed by atoms with Crippen LogP contribution in [0.4, 0.5) is 0 Å². The second-order valence-electron chi connectivity index (χ2n) is 5.00. The summed E-state index contributed by atoms with van der Waals surface area (Å²) in [4.78, 5) is 14.4. The van der Waals surface area contributed by atoms with Gasteiger partial charge >= 0.3 is 0 Å². The van der Waals surface area contributed by atoms with Crippen LogP contribution in [0.5, 0.6) is 0 Å². The van der Waals surface area contributed by atoms with E-state index in [4.69, 9.17) is 4.42 Å². The molecule has 3 rings (SSSR count). The highest BCUT2D eigenvalue weighted by Gasteiger charge is 2.26. The SMILES string of the molecule is O=C(Nn1cnnc1)C1CCCN(Cc2ccco2)C1. The van der Waals surface area contributed by atoms with Gasteiger partial charge in [0, 0.05) is 6.54 Å². The van der Waals surface area contributed by atoms with Crippen molar-refractivity contribution >= 4 is 5.91 Å². The van der Waals surface area contributed by atoms with E-state index in [0.717, 1.165) is 38.2 Å². The zero-order chi connectivity index (χ0) is 13.8. The quantitative estimate of drug-likeness (QED) is 0.895. The minimum absolute atomic E-state index is 0.00828. The summed E-state index contributed by atoms with van der Waals surface area (Å²) in [6.07, 6.45) is 6.54. The first-order valence-corrected chi connectivity index (χ1v) is 6.71. The number of rotatable bonds is 4. The Labute approximate surface area is 116 Å². The number of piperidine rings is 1. The van der Waals surface area contributed by atoms with Crippen LogP contribution in [0.3, 0.4) is 0 Å². The molecule has 1 amide bonds. The Kier molecular flexibility index (Phi) is 3.78. The fourth-order valence-corrected chi connectivity index (χ4v) is 2.51. The molecule has 7 heteroatoms. The Hall–Kier alpha value is -2.15. The maximum absolute atomic E-state index is 12.2. The lowest BCUT2D eigenvalue weighted by Gasteiger charge is -2.31. The van der Waals surface area contributed by atoms with Gasteiger partial charge in [0.1, 0.15) is 18.4 Å². The fourth-order valence-electron chi connectivity index (χ4n) is 2.51. The number of likely N-dealkylation sites (tertiary alicyclic amines) is 1. The van der Waals surface area contributed by atoms with Crippen molar-refractivity contribution in [3.63, 3.8) is 0 Å².